The van der Waals surface area contributed by atoms with E-state index in [9.17, 15) is 8.78 Å². The number of nitrogens with one attached hydrogen (secondary N) is 2. The summed E-state index contributed by atoms with van der Waals surface area (Å²) in [5, 5.41) is 14.2. The summed E-state index contributed by atoms with van der Waals surface area (Å²) in [6.07, 6.45) is 2.49. The third kappa shape index (κ3) is 7.63. The molecule has 1 heterocycles. The van der Waals surface area contributed by atoms with Gasteiger partial charge in [0.25, 0.3) is 0 Å². The number of para-hydroxylation sites is 1. The maximum atomic E-state index is 12.8. The van der Waals surface area contributed by atoms with Crippen LogP contribution in [0.2, 0.25) is 0 Å². The molecule has 0 aliphatic rings. The molecule has 1 aromatic heterocycles. The number of aryl methyl sites for hydroxylation is 1. The lowest BCUT2D eigenvalue weighted by Gasteiger charge is -2.17. The van der Waals surface area contributed by atoms with Crippen LogP contribution < -0.4 is 20.1 Å². The van der Waals surface area contributed by atoms with E-state index in [1.807, 2.05) is 11.5 Å². The monoisotopic (exact) mass is 524 g/mol. The van der Waals surface area contributed by atoms with Crippen molar-refractivity contribution < 1.29 is 18.3 Å². The highest BCUT2D eigenvalue weighted by Crippen LogP contribution is 2.32. The van der Waals surface area contributed by atoms with Gasteiger partial charge in [0.15, 0.2) is 17.5 Å². The van der Waals surface area contributed by atoms with Crippen LogP contribution in [0.4, 0.5) is 8.78 Å². The van der Waals surface area contributed by atoms with E-state index in [0.29, 0.717) is 31.2 Å². The first-order chi connectivity index (χ1) is 13.6. The molecule has 0 radical (unpaired) electrons. The second-order valence-corrected chi connectivity index (χ2v) is 5.70. The molecule has 8 nitrogen and oxygen atoms in total. The second kappa shape index (κ2) is 13.1. The molecule has 162 valence electrons. The molecular formula is C18H27F2IN6O2. The Kier molecular flexibility index (Phi) is 11.2. The number of nitrogens with zero attached hydrogens (tertiary/aromatic N) is 4. The molecule has 0 spiro atoms. The largest absolute Gasteiger partial charge is 0.490 e. The molecule has 2 N–H and O–H groups in total. The van der Waals surface area contributed by atoms with Crippen LogP contribution >= 0.6 is 24.0 Å². The molecule has 0 saturated heterocycles. The van der Waals surface area contributed by atoms with Crippen LogP contribution in [-0.2, 0) is 19.5 Å². The van der Waals surface area contributed by atoms with E-state index in [2.05, 4.69) is 30.6 Å². The maximum Gasteiger partial charge on any atom is 0.387 e. The molecular weight excluding hydrogens is 497 g/mol. The van der Waals surface area contributed by atoms with Gasteiger partial charge in [-0.3, -0.25) is 4.99 Å². The summed E-state index contributed by atoms with van der Waals surface area (Å²) in [5.74, 6) is 1.76. The average Bonchev–Trinajstić information content (AvgIpc) is 3.13. The van der Waals surface area contributed by atoms with Gasteiger partial charge in [-0.05, 0) is 13.0 Å². The zero-order valence-corrected chi connectivity index (χ0v) is 19.0. The van der Waals surface area contributed by atoms with Crippen molar-refractivity contribution in [3.05, 3.63) is 35.9 Å². The van der Waals surface area contributed by atoms with Gasteiger partial charge in [-0.1, -0.05) is 19.1 Å². The smallest absolute Gasteiger partial charge is 0.387 e. The van der Waals surface area contributed by atoms with E-state index in [4.69, 9.17) is 4.74 Å². The van der Waals surface area contributed by atoms with Crippen LogP contribution in [0.25, 0.3) is 0 Å². The third-order valence-electron chi connectivity index (χ3n) is 3.89. The number of ether oxygens (including phenoxy) is 2. The minimum atomic E-state index is -2.94. The molecule has 11 heteroatoms. The van der Waals surface area contributed by atoms with E-state index in [-0.39, 0.29) is 42.0 Å². The molecule has 0 fully saturated rings. The van der Waals surface area contributed by atoms with Crippen molar-refractivity contribution in [2.24, 2.45) is 4.99 Å². The zero-order chi connectivity index (χ0) is 20.4. The highest BCUT2D eigenvalue weighted by molar-refractivity contribution is 14.0. The fraction of sp³-hybridized carbons (Fsp3) is 0.500. The van der Waals surface area contributed by atoms with Gasteiger partial charge in [0.1, 0.15) is 12.2 Å². The van der Waals surface area contributed by atoms with Gasteiger partial charge < -0.3 is 24.7 Å². The normalized spacial score (nSPS) is 11.2. The summed E-state index contributed by atoms with van der Waals surface area (Å²) in [6, 6.07) is 5.03. The Morgan fingerprint density at radius 1 is 1.28 bits per heavy atom. The molecule has 0 aliphatic heterocycles. The molecule has 2 aromatic rings. The summed E-state index contributed by atoms with van der Waals surface area (Å²) in [7, 11) is 1.64. The minimum Gasteiger partial charge on any atom is -0.490 e. The van der Waals surface area contributed by atoms with Gasteiger partial charge in [-0.2, -0.15) is 8.78 Å². The fourth-order valence-corrected chi connectivity index (χ4v) is 2.63. The second-order valence-electron chi connectivity index (χ2n) is 5.70. The predicted octanol–water partition coefficient (Wildman–Crippen LogP) is 2.82. The van der Waals surface area contributed by atoms with Crippen molar-refractivity contribution in [2.75, 3.05) is 20.2 Å². The van der Waals surface area contributed by atoms with E-state index >= 15 is 0 Å². The number of aliphatic imine (C=N–C) groups is 1. The Balaban J connectivity index is 0.00000420. The lowest BCUT2D eigenvalue weighted by molar-refractivity contribution is -0.0520. The fourth-order valence-electron chi connectivity index (χ4n) is 2.63. The van der Waals surface area contributed by atoms with Gasteiger partial charge >= 0.3 is 6.61 Å². The highest BCUT2D eigenvalue weighted by Gasteiger charge is 2.16. The van der Waals surface area contributed by atoms with Gasteiger partial charge in [-0.15, -0.1) is 34.2 Å². The van der Waals surface area contributed by atoms with Crippen molar-refractivity contribution in [2.45, 2.75) is 40.0 Å². The third-order valence-corrected chi connectivity index (χ3v) is 3.89. The standard InChI is InChI=1S/C18H26F2N6O2.HI/c1-4-15-25-24-12-26(15)10-9-22-18(21-3)23-11-13-7-6-8-14(27-5-2)16(13)28-17(19)20;/h6-8,12,17H,4-5,9-11H2,1-3H3,(H2,21,22,23);1H. The summed E-state index contributed by atoms with van der Waals surface area (Å²) in [5.41, 5.74) is 0.543. The highest BCUT2D eigenvalue weighted by atomic mass is 127. The lowest BCUT2D eigenvalue weighted by atomic mass is 10.2. The van der Waals surface area contributed by atoms with E-state index < -0.39 is 6.61 Å². The van der Waals surface area contributed by atoms with Crippen molar-refractivity contribution in [1.29, 1.82) is 0 Å². The predicted molar refractivity (Wildman–Crippen MR) is 117 cm³/mol. The van der Waals surface area contributed by atoms with Crippen LogP contribution in [0.5, 0.6) is 11.5 Å². The molecule has 0 unspecified atom stereocenters. The molecule has 0 saturated carbocycles. The van der Waals surface area contributed by atoms with Crippen LogP contribution in [0.15, 0.2) is 29.5 Å². The Morgan fingerprint density at radius 3 is 2.72 bits per heavy atom. The number of rotatable bonds is 10. The maximum absolute atomic E-state index is 12.8. The first kappa shape index (κ1) is 24.9. The number of alkyl halides is 2. The number of benzene rings is 1. The summed E-state index contributed by atoms with van der Waals surface area (Å²) >= 11 is 0. The molecule has 29 heavy (non-hydrogen) atoms. The van der Waals surface area contributed by atoms with E-state index in [1.54, 1.807) is 38.5 Å². The van der Waals surface area contributed by atoms with Crippen molar-refractivity contribution in [3.63, 3.8) is 0 Å². The topological polar surface area (TPSA) is 85.6 Å². The number of guanidine groups is 1. The Labute approximate surface area is 186 Å². The van der Waals surface area contributed by atoms with Crippen LogP contribution in [0.1, 0.15) is 25.2 Å². The van der Waals surface area contributed by atoms with Gasteiger partial charge in [-0.25, -0.2) is 0 Å². The van der Waals surface area contributed by atoms with Crippen molar-refractivity contribution in [3.8, 4) is 11.5 Å². The van der Waals surface area contributed by atoms with Crippen molar-refractivity contribution in [1.82, 2.24) is 25.4 Å². The van der Waals surface area contributed by atoms with Gasteiger partial charge in [0.05, 0.1) is 6.61 Å². The van der Waals surface area contributed by atoms with Crippen LogP contribution in [-0.4, -0.2) is 47.5 Å². The molecule has 0 bridgehead atoms. The first-order valence-corrected chi connectivity index (χ1v) is 9.09. The summed E-state index contributed by atoms with van der Waals surface area (Å²) in [6.45, 7) is 2.74. The summed E-state index contributed by atoms with van der Waals surface area (Å²) in [4.78, 5) is 4.15. The number of hydrogen-bond acceptors (Lipinski definition) is 5. The quantitative estimate of drug-likeness (QED) is 0.283. The van der Waals surface area contributed by atoms with Gasteiger partial charge in [0, 0.05) is 38.7 Å². The van der Waals surface area contributed by atoms with Crippen LogP contribution in [0, 0.1) is 0 Å². The van der Waals surface area contributed by atoms with Gasteiger partial charge in [0.2, 0.25) is 0 Å². The van der Waals surface area contributed by atoms with Crippen LogP contribution in [0.3, 0.4) is 0 Å². The molecule has 0 amide bonds. The Morgan fingerprint density at radius 2 is 2.07 bits per heavy atom. The molecule has 1 aromatic carbocycles. The Hall–Kier alpha value is -2.18. The Bertz CT molecular complexity index is 773. The lowest BCUT2D eigenvalue weighted by Crippen LogP contribution is -2.38. The summed E-state index contributed by atoms with van der Waals surface area (Å²) < 4.78 is 37.6. The molecule has 2 rings (SSSR count). The molecule has 0 aliphatic carbocycles. The number of aromatic nitrogens is 3. The average molecular weight is 524 g/mol. The number of halogens is 3. The van der Waals surface area contributed by atoms with E-state index in [1.165, 1.54) is 0 Å². The SMILES string of the molecule is CCOc1cccc(CNC(=NC)NCCn2cnnc2CC)c1OC(F)F.I. The van der Waals surface area contributed by atoms with Crippen molar-refractivity contribution >= 4 is 29.9 Å². The zero-order valence-electron chi connectivity index (χ0n) is 16.7. The number of hydrogen-bond donors (Lipinski definition) is 2. The first-order valence-electron chi connectivity index (χ1n) is 9.09. The minimum absolute atomic E-state index is 0. The molecule has 0 atom stereocenters. The van der Waals surface area contributed by atoms with E-state index in [0.717, 1.165) is 12.2 Å².